The van der Waals surface area contributed by atoms with Gasteiger partial charge in [-0.05, 0) is 30.3 Å². The van der Waals surface area contributed by atoms with Crippen LogP contribution in [0.2, 0.25) is 15.1 Å². The minimum atomic E-state index is 0.436. The van der Waals surface area contributed by atoms with Crippen LogP contribution in [0.1, 0.15) is 5.89 Å². The normalized spacial score (nSPS) is 11.3. The summed E-state index contributed by atoms with van der Waals surface area (Å²) in [5, 5.41) is 14.4. The van der Waals surface area contributed by atoms with Crippen molar-refractivity contribution in [1.82, 2.24) is 24.7 Å². The van der Waals surface area contributed by atoms with Gasteiger partial charge >= 0.3 is 0 Å². The standard InChI is InChI=1S/C15H8Cl3N5OS/c16-9-3-1-8(2-4-9)13-19-12(24-22-13)7-25-15-21-20-14-11(18)5-10(17)6-23(14)15/h1-6H,7H2. The fraction of sp³-hybridized carbons (Fsp3) is 0.0667. The zero-order valence-electron chi connectivity index (χ0n) is 12.4. The maximum absolute atomic E-state index is 6.11. The van der Waals surface area contributed by atoms with E-state index in [0.29, 0.717) is 43.3 Å². The smallest absolute Gasteiger partial charge is 0.237 e. The zero-order chi connectivity index (χ0) is 17.4. The molecule has 0 radical (unpaired) electrons. The first-order chi connectivity index (χ1) is 12.1. The molecule has 4 rings (SSSR count). The van der Waals surface area contributed by atoms with Crippen LogP contribution in [-0.4, -0.2) is 24.7 Å². The minimum absolute atomic E-state index is 0.436. The molecule has 3 aromatic heterocycles. The molecule has 1 aromatic carbocycles. The largest absolute Gasteiger partial charge is 0.338 e. The monoisotopic (exact) mass is 411 g/mol. The second kappa shape index (κ2) is 6.84. The van der Waals surface area contributed by atoms with E-state index in [2.05, 4.69) is 20.3 Å². The summed E-state index contributed by atoms with van der Waals surface area (Å²) in [6.45, 7) is 0. The van der Waals surface area contributed by atoms with Crippen molar-refractivity contribution in [2.75, 3.05) is 0 Å². The first-order valence-electron chi connectivity index (χ1n) is 7.01. The summed E-state index contributed by atoms with van der Waals surface area (Å²) in [4.78, 5) is 4.37. The summed E-state index contributed by atoms with van der Waals surface area (Å²) >= 11 is 19.4. The van der Waals surface area contributed by atoms with Crippen molar-refractivity contribution in [2.45, 2.75) is 10.9 Å². The zero-order valence-corrected chi connectivity index (χ0v) is 15.4. The molecule has 10 heteroatoms. The average molecular weight is 413 g/mol. The molecule has 0 aliphatic heterocycles. The van der Waals surface area contributed by atoms with Gasteiger partial charge in [-0.1, -0.05) is 51.7 Å². The van der Waals surface area contributed by atoms with Crippen LogP contribution in [0, 0.1) is 0 Å². The number of nitrogens with zero attached hydrogens (tertiary/aromatic N) is 5. The number of hydrogen-bond acceptors (Lipinski definition) is 6. The molecule has 0 aliphatic rings. The highest BCUT2D eigenvalue weighted by Gasteiger charge is 2.13. The second-order valence-corrected chi connectivity index (χ2v) is 7.21. The number of halogens is 3. The Bertz CT molecular complexity index is 1050. The number of pyridine rings is 1. The lowest BCUT2D eigenvalue weighted by Crippen LogP contribution is -1.89. The van der Waals surface area contributed by atoms with Gasteiger partial charge in [0.05, 0.1) is 15.8 Å². The third kappa shape index (κ3) is 3.46. The molecule has 6 nitrogen and oxygen atoms in total. The van der Waals surface area contributed by atoms with E-state index in [4.69, 9.17) is 39.3 Å². The molecule has 0 aliphatic carbocycles. The number of aromatic nitrogens is 5. The van der Waals surface area contributed by atoms with Gasteiger partial charge in [-0.2, -0.15) is 4.98 Å². The lowest BCUT2D eigenvalue weighted by molar-refractivity contribution is 0.391. The molecule has 0 amide bonds. The summed E-state index contributed by atoms with van der Waals surface area (Å²) in [6.07, 6.45) is 1.71. The maximum Gasteiger partial charge on any atom is 0.237 e. The summed E-state index contributed by atoms with van der Waals surface area (Å²) in [5.74, 6) is 1.41. The van der Waals surface area contributed by atoms with Crippen molar-refractivity contribution in [2.24, 2.45) is 0 Å². The minimum Gasteiger partial charge on any atom is -0.338 e. The van der Waals surface area contributed by atoms with E-state index in [0.717, 1.165) is 5.56 Å². The quantitative estimate of drug-likeness (QED) is 0.438. The van der Waals surface area contributed by atoms with E-state index in [-0.39, 0.29) is 0 Å². The molecule has 0 unspecified atom stereocenters. The first kappa shape index (κ1) is 16.7. The first-order valence-corrected chi connectivity index (χ1v) is 9.13. The van der Waals surface area contributed by atoms with Gasteiger partial charge in [0, 0.05) is 16.8 Å². The molecule has 0 N–H and O–H groups in total. The fourth-order valence-electron chi connectivity index (χ4n) is 2.16. The molecular formula is C15H8Cl3N5OS. The summed E-state index contributed by atoms with van der Waals surface area (Å²) in [6, 6.07) is 8.84. The lowest BCUT2D eigenvalue weighted by atomic mass is 10.2. The molecule has 0 atom stereocenters. The van der Waals surface area contributed by atoms with Crippen molar-refractivity contribution in [3.8, 4) is 11.4 Å². The number of rotatable bonds is 4. The molecule has 0 saturated carbocycles. The number of thioether (sulfide) groups is 1. The van der Waals surface area contributed by atoms with Crippen LogP contribution in [0.15, 0.2) is 46.2 Å². The second-order valence-electron chi connectivity index (χ2n) is 4.99. The third-order valence-corrected chi connectivity index (χ3v) is 4.96. The van der Waals surface area contributed by atoms with Crippen molar-refractivity contribution in [1.29, 1.82) is 0 Å². The van der Waals surface area contributed by atoms with Gasteiger partial charge in [0.15, 0.2) is 10.8 Å². The molecule has 0 fully saturated rings. The van der Waals surface area contributed by atoms with Crippen LogP contribution >= 0.6 is 46.6 Å². The van der Waals surface area contributed by atoms with Gasteiger partial charge in [0.2, 0.25) is 11.7 Å². The van der Waals surface area contributed by atoms with Gasteiger partial charge in [-0.15, -0.1) is 10.2 Å². The number of fused-ring (bicyclic) bond motifs is 1. The third-order valence-electron chi connectivity index (χ3n) is 3.29. The topological polar surface area (TPSA) is 69.1 Å². The van der Waals surface area contributed by atoms with Crippen LogP contribution in [0.25, 0.3) is 17.0 Å². The van der Waals surface area contributed by atoms with Crippen LogP contribution in [-0.2, 0) is 5.75 Å². The Morgan fingerprint density at radius 1 is 1.04 bits per heavy atom. The van der Waals surface area contributed by atoms with E-state index in [1.807, 2.05) is 12.1 Å². The summed E-state index contributed by atoms with van der Waals surface area (Å²) in [7, 11) is 0. The van der Waals surface area contributed by atoms with Crippen LogP contribution in [0.5, 0.6) is 0 Å². The molecule has 126 valence electrons. The van der Waals surface area contributed by atoms with Crippen molar-refractivity contribution in [3.05, 3.63) is 57.5 Å². The molecule has 4 aromatic rings. The Balaban J connectivity index is 1.53. The predicted octanol–water partition coefficient (Wildman–Crippen LogP) is 5.03. The van der Waals surface area contributed by atoms with E-state index >= 15 is 0 Å². The van der Waals surface area contributed by atoms with Crippen molar-refractivity contribution in [3.63, 3.8) is 0 Å². The van der Waals surface area contributed by atoms with Gasteiger partial charge in [-0.25, -0.2) is 0 Å². The molecule has 3 heterocycles. The number of hydrogen-bond donors (Lipinski definition) is 0. The van der Waals surface area contributed by atoms with Crippen LogP contribution < -0.4 is 0 Å². The van der Waals surface area contributed by atoms with Gasteiger partial charge in [-0.3, -0.25) is 4.40 Å². The highest BCUT2D eigenvalue weighted by molar-refractivity contribution is 7.98. The molecular weight excluding hydrogens is 405 g/mol. The van der Waals surface area contributed by atoms with Crippen LogP contribution in [0.3, 0.4) is 0 Å². The number of benzene rings is 1. The Morgan fingerprint density at radius 2 is 1.84 bits per heavy atom. The Labute approximate surface area is 161 Å². The Hall–Kier alpha value is -1.80. The van der Waals surface area contributed by atoms with E-state index in [1.54, 1.807) is 28.8 Å². The van der Waals surface area contributed by atoms with Crippen LogP contribution in [0.4, 0.5) is 0 Å². The van der Waals surface area contributed by atoms with E-state index in [1.165, 1.54) is 11.8 Å². The average Bonchev–Trinajstić information content (AvgIpc) is 3.21. The lowest BCUT2D eigenvalue weighted by Gasteiger charge is -1.99. The molecule has 0 saturated heterocycles. The molecule has 0 spiro atoms. The Morgan fingerprint density at radius 3 is 2.64 bits per heavy atom. The fourth-order valence-corrected chi connectivity index (χ4v) is 3.54. The van der Waals surface area contributed by atoms with Gasteiger partial charge < -0.3 is 4.52 Å². The molecule has 25 heavy (non-hydrogen) atoms. The maximum atomic E-state index is 6.11. The Kier molecular flexibility index (Phi) is 4.56. The van der Waals surface area contributed by atoms with Gasteiger partial charge in [0.25, 0.3) is 0 Å². The van der Waals surface area contributed by atoms with Crippen molar-refractivity contribution < 1.29 is 4.52 Å². The highest BCUT2D eigenvalue weighted by atomic mass is 35.5. The van der Waals surface area contributed by atoms with E-state index in [9.17, 15) is 0 Å². The van der Waals surface area contributed by atoms with Crippen molar-refractivity contribution >= 4 is 52.2 Å². The summed E-state index contributed by atoms with van der Waals surface area (Å²) in [5.41, 5.74) is 1.37. The van der Waals surface area contributed by atoms with Gasteiger partial charge in [0.1, 0.15) is 0 Å². The van der Waals surface area contributed by atoms with E-state index < -0.39 is 0 Å². The molecule has 0 bridgehead atoms. The highest BCUT2D eigenvalue weighted by Crippen LogP contribution is 2.27. The summed E-state index contributed by atoms with van der Waals surface area (Å²) < 4.78 is 7.01. The predicted molar refractivity (Wildman–Crippen MR) is 97.3 cm³/mol. The SMILES string of the molecule is Clc1ccc(-c2noc(CSc3nnc4c(Cl)cc(Cl)cn34)n2)cc1.